The van der Waals surface area contributed by atoms with Gasteiger partial charge in [0.05, 0.1) is 0 Å². The molecular formula is C13H19NO2. The zero-order valence-corrected chi connectivity index (χ0v) is 9.65. The maximum Gasteiger partial charge on any atom is 0.320 e. The normalized spacial score (nSPS) is 18.7. The van der Waals surface area contributed by atoms with Crippen LogP contribution in [0.15, 0.2) is 30.3 Å². The first-order chi connectivity index (χ1) is 7.74. The molecule has 1 atom stereocenters. The van der Waals surface area contributed by atoms with Crippen molar-refractivity contribution in [1.29, 1.82) is 0 Å². The van der Waals surface area contributed by atoms with E-state index >= 15 is 0 Å². The van der Waals surface area contributed by atoms with Crippen LogP contribution in [0, 0.1) is 0 Å². The van der Waals surface area contributed by atoms with Crippen LogP contribution in [0.5, 0.6) is 0 Å². The number of carboxylic acids is 1. The van der Waals surface area contributed by atoms with Gasteiger partial charge in [-0.1, -0.05) is 37.3 Å². The summed E-state index contributed by atoms with van der Waals surface area (Å²) in [7, 11) is 0. The van der Waals surface area contributed by atoms with Crippen LogP contribution in [0.2, 0.25) is 0 Å². The molecule has 0 amide bonds. The van der Waals surface area contributed by atoms with Gasteiger partial charge in [0.2, 0.25) is 0 Å². The Morgan fingerprint density at radius 1 is 1.44 bits per heavy atom. The molecule has 0 aliphatic carbocycles. The number of aliphatic carboxylic acids is 1. The molecule has 1 aromatic rings. The third-order valence-corrected chi connectivity index (χ3v) is 2.61. The molecule has 0 spiro atoms. The molecule has 1 heterocycles. The number of nitrogens with one attached hydrogen (secondary N) is 1. The minimum atomic E-state index is -0.720. The van der Waals surface area contributed by atoms with Crippen LogP contribution in [0.4, 0.5) is 0 Å². The van der Waals surface area contributed by atoms with Crippen LogP contribution in [0.3, 0.4) is 0 Å². The molecule has 16 heavy (non-hydrogen) atoms. The summed E-state index contributed by atoms with van der Waals surface area (Å²) in [5.41, 5.74) is 1.41. The largest absolute Gasteiger partial charge is 0.480 e. The lowest BCUT2D eigenvalue weighted by molar-refractivity contribution is -0.139. The number of carboxylic acid groups (broad SMARTS) is 1. The van der Waals surface area contributed by atoms with E-state index in [1.54, 1.807) is 0 Å². The van der Waals surface area contributed by atoms with Crippen LogP contribution >= 0.6 is 0 Å². The standard InChI is InChI=1S/C8H10.C5H9NO2/c1-2-8-6-4-3-5-7-8;7-5(8)4-2-1-3-6-4/h3-7H,2H2,1H3;4,6H,1-3H2,(H,7,8)/t;4-/m.0/s1. The second kappa shape index (κ2) is 7.01. The Labute approximate surface area is 96.5 Å². The predicted molar refractivity (Wildman–Crippen MR) is 64.5 cm³/mol. The molecule has 0 radical (unpaired) electrons. The fourth-order valence-electron chi connectivity index (χ4n) is 1.61. The molecule has 1 fully saturated rings. The molecule has 0 saturated carbocycles. The van der Waals surface area contributed by atoms with Crippen molar-refractivity contribution in [1.82, 2.24) is 5.32 Å². The average Bonchev–Trinajstić information content (AvgIpc) is 2.85. The van der Waals surface area contributed by atoms with E-state index in [2.05, 4.69) is 36.5 Å². The lowest BCUT2D eigenvalue weighted by Gasteiger charge is -1.99. The smallest absolute Gasteiger partial charge is 0.320 e. The van der Waals surface area contributed by atoms with E-state index in [-0.39, 0.29) is 6.04 Å². The summed E-state index contributed by atoms with van der Waals surface area (Å²) in [5.74, 6) is -0.720. The van der Waals surface area contributed by atoms with E-state index in [0.717, 1.165) is 25.8 Å². The maximum absolute atomic E-state index is 10.1. The van der Waals surface area contributed by atoms with E-state index in [9.17, 15) is 4.79 Å². The SMILES string of the molecule is CCc1ccccc1.O=C(O)[C@@H]1CCCN1. The van der Waals surface area contributed by atoms with Gasteiger partial charge in [0.15, 0.2) is 0 Å². The van der Waals surface area contributed by atoms with Gasteiger partial charge in [-0.05, 0) is 31.4 Å². The molecule has 1 aliphatic heterocycles. The minimum absolute atomic E-state index is 0.269. The van der Waals surface area contributed by atoms with E-state index < -0.39 is 5.97 Å². The quantitative estimate of drug-likeness (QED) is 0.803. The number of rotatable bonds is 2. The van der Waals surface area contributed by atoms with Crippen molar-refractivity contribution < 1.29 is 9.90 Å². The van der Waals surface area contributed by atoms with Gasteiger partial charge in [0.25, 0.3) is 0 Å². The van der Waals surface area contributed by atoms with E-state index in [4.69, 9.17) is 5.11 Å². The Hall–Kier alpha value is -1.35. The number of hydrogen-bond acceptors (Lipinski definition) is 2. The van der Waals surface area contributed by atoms with Crippen molar-refractivity contribution >= 4 is 5.97 Å². The van der Waals surface area contributed by atoms with Gasteiger partial charge in [0.1, 0.15) is 6.04 Å². The zero-order chi connectivity index (χ0) is 11.8. The highest BCUT2D eigenvalue weighted by Crippen LogP contribution is 2.03. The number of aryl methyl sites for hydroxylation is 1. The molecule has 0 aromatic heterocycles. The fraction of sp³-hybridized carbons (Fsp3) is 0.462. The fourth-order valence-corrected chi connectivity index (χ4v) is 1.61. The Morgan fingerprint density at radius 2 is 2.12 bits per heavy atom. The summed E-state index contributed by atoms with van der Waals surface area (Å²) in [4.78, 5) is 10.1. The molecular weight excluding hydrogens is 202 g/mol. The second-order valence-corrected chi connectivity index (χ2v) is 3.83. The Kier molecular flexibility index (Phi) is 5.57. The Morgan fingerprint density at radius 3 is 2.44 bits per heavy atom. The first-order valence-corrected chi connectivity index (χ1v) is 5.74. The summed E-state index contributed by atoms with van der Waals surface area (Å²) < 4.78 is 0. The van der Waals surface area contributed by atoms with Crippen LogP contribution in [0.1, 0.15) is 25.3 Å². The molecule has 1 saturated heterocycles. The lowest BCUT2D eigenvalue weighted by atomic mass is 10.2. The topological polar surface area (TPSA) is 49.3 Å². The zero-order valence-electron chi connectivity index (χ0n) is 9.65. The van der Waals surface area contributed by atoms with Gasteiger partial charge in [-0.25, -0.2) is 0 Å². The molecule has 3 heteroatoms. The Balaban J connectivity index is 0.000000160. The highest BCUT2D eigenvalue weighted by atomic mass is 16.4. The number of carbonyl (C=O) groups is 1. The highest BCUT2D eigenvalue weighted by molar-refractivity contribution is 5.73. The molecule has 1 aromatic carbocycles. The summed E-state index contributed by atoms with van der Waals surface area (Å²) in [5, 5.41) is 11.2. The highest BCUT2D eigenvalue weighted by Gasteiger charge is 2.20. The summed E-state index contributed by atoms with van der Waals surface area (Å²) in [6.07, 6.45) is 2.92. The first-order valence-electron chi connectivity index (χ1n) is 5.74. The summed E-state index contributed by atoms with van der Waals surface area (Å²) in [6.45, 7) is 3.02. The van der Waals surface area contributed by atoms with Crippen LogP contribution in [-0.2, 0) is 11.2 Å². The molecule has 2 rings (SSSR count). The van der Waals surface area contributed by atoms with Gasteiger partial charge in [0, 0.05) is 0 Å². The number of hydrogen-bond donors (Lipinski definition) is 2. The molecule has 0 bridgehead atoms. The summed E-state index contributed by atoms with van der Waals surface area (Å²) >= 11 is 0. The molecule has 88 valence electrons. The minimum Gasteiger partial charge on any atom is -0.480 e. The average molecular weight is 221 g/mol. The van der Waals surface area contributed by atoms with Crippen molar-refractivity contribution in [2.24, 2.45) is 0 Å². The van der Waals surface area contributed by atoms with Gasteiger partial charge in [-0.2, -0.15) is 0 Å². The third-order valence-electron chi connectivity index (χ3n) is 2.61. The number of benzene rings is 1. The van der Waals surface area contributed by atoms with E-state index in [1.165, 1.54) is 5.56 Å². The molecule has 1 aliphatic rings. The predicted octanol–water partition coefficient (Wildman–Crippen LogP) is 2.07. The second-order valence-electron chi connectivity index (χ2n) is 3.83. The van der Waals surface area contributed by atoms with Crippen molar-refractivity contribution in [3.8, 4) is 0 Å². The van der Waals surface area contributed by atoms with E-state index in [1.807, 2.05) is 6.07 Å². The lowest BCUT2D eigenvalue weighted by Crippen LogP contribution is -2.29. The van der Waals surface area contributed by atoms with Gasteiger partial charge < -0.3 is 10.4 Å². The maximum atomic E-state index is 10.1. The first kappa shape index (κ1) is 12.7. The van der Waals surface area contributed by atoms with Crippen LogP contribution in [-0.4, -0.2) is 23.7 Å². The van der Waals surface area contributed by atoms with Crippen molar-refractivity contribution in [2.75, 3.05) is 6.54 Å². The van der Waals surface area contributed by atoms with Crippen LogP contribution in [0.25, 0.3) is 0 Å². The third kappa shape index (κ3) is 4.45. The monoisotopic (exact) mass is 221 g/mol. The molecule has 3 nitrogen and oxygen atoms in total. The van der Waals surface area contributed by atoms with Crippen molar-refractivity contribution in [2.45, 2.75) is 32.2 Å². The summed E-state index contributed by atoms with van der Waals surface area (Å²) in [6, 6.07) is 10.2. The molecule has 0 unspecified atom stereocenters. The molecule has 2 N–H and O–H groups in total. The van der Waals surface area contributed by atoms with Gasteiger partial charge >= 0.3 is 5.97 Å². The van der Waals surface area contributed by atoms with Gasteiger partial charge in [-0.3, -0.25) is 4.79 Å². The van der Waals surface area contributed by atoms with Crippen molar-refractivity contribution in [3.05, 3.63) is 35.9 Å². The Bertz CT molecular complexity index is 305. The van der Waals surface area contributed by atoms with Crippen LogP contribution < -0.4 is 5.32 Å². The van der Waals surface area contributed by atoms with Crippen molar-refractivity contribution in [3.63, 3.8) is 0 Å². The van der Waals surface area contributed by atoms with E-state index in [0.29, 0.717) is 0 Å². The van der Waals surface area contributed by atoms with Gasteiger partial charge in [-0.15, -0.1) is 0 Å².